The monoisotopic (exact) mass is 469 g/mol. The van der Waals surface area contributed by atoms with Gasteiger partial charge in [-0.2, -0.15) is 0 Å². The van der Waals surface area contributed by atoms with Gasteiger partial charge in [-0.1, -0.05) is 53.2 Å². The van der Waals surface area contributed by atoms with Gasteiger partial charge in [0.05, 0.1) is 10.8 Å². The highest BCUT2D eigenvalue weighted by atomic mass is 35.5. The molecule has 9 heteroatoms. The Bertz CT molecular complexity index is 1220. The van der Waals surface area contributed by atoms with Crippen molar-refractivity contribution in [1.29, 1.82) is 0 Å². The molecule has 0 atom stereocenters. The number of nitrogens with one attached hydrogen (secondary N) is 1. The third kappa shape index (κ3) is 4.81. The van der Waals surface area contributed by atoms with Crippen LogP contribution in [0, 0.1) is 13.8 Å². The van der Waals surface area contributed by atoms with Crippen LogP contribution in [0.2, 0.25) is 5.02 Å². The molecule has 4 aromatic rings. The van der Waals surface area contributed by atoms with Gasteiger partial charge >= 0.3 is 0 Å². The maximum atomic E-state index is 12.3. The summed E-state index contributed by atoms with van der Waals surface area (Å²) in [6, 6.07) is 11.8. The van der Waals surface area contributed by atoms with Gasteiger partial charge < -0.3 is 9.88 Å². The maximum absolute atomic E-state index is 12.3. The van der Waals surface area contributed by atoms with Crippen LogP contribution in [0.5, 0.6) is 0 Å². The number of thiophene rings is 1. The number of hydrogen-bond donors (Lipinski definition) is 1. The lowest BCUT2D eigenvalue weighted by molar-refractivity contribution is -0.113. The van der Waals surface area contributed by atoms with Crippen LogP contribution >= 0.6 is 34.7 Å². The number of rotatable bonds is 6. The van der Waals surface area contributed by atoms with Crippen LogP contribution in [0.4, 0.5) is 5.82 Å². The van der Waals surface area contributed by atoms with Crippen molar-refractivity contribution in [3.63, 3.8) is 0 Å². The molecule has 1 amide bonds. The average Bonchev–Trinajstić information content (AvgIpc) is 3.31. The molecule has 0 unspecified atom stereocenters. The third-order valence-corrected chi connectivity index (χ3v) is 6.87. The first-order valence-electron chi connectivity index (χ1n) is 9.51. The van der Waals surface area contributed by atoms with Gasteiger partial charge in [0.2, 0.25) is 5.91 Å². The van der Waals surface area contributed by atoms with Crippen molar-refractivity contribution in [3.05, 3.63) is 63.4 Å². The zero-order chi connectivity index (χ0) is 22.0. The number of amides is 1. The van der Waals surface area contributed by atoms with Crippen molar-refractivity contribution < 1.29 is 4.79 Å². The molecule has 0 fully saturated rings. The third-order valence-electron chi connectivity index (χ3n) is 4.72. The molecule has 0 saturated carbocycles. The van der Waals surface area contributed by atoms with E-state index < -0.39 is 0 Å². The number of carbonyl (C=O) groups excluding carboxylic acids is 1. The molecule has 0 saturated heterocycles. The van der Waals surface area contributed by atoms with E-state index in [2.05, 4.69) is 64.0 Å². The van der Waals surface area contributed by atoms with E-state index in [0.717, 1.165) is 17.0 Å². The van der Waals surface area contributed by atoms with Crippen molar-refractivity contribution in [1.82, 2.24) is 19.7 Å². The lowest BCUT2D eigenvalue weighted by Crippen LogP contribution is -2.15. The Hall–Kier alpha value is -2.68. The molecule has 0 spiro atoms. The smallest absolute Gasteiger partial charge is 0.236 e. The van der Waals surface area contributed by atoms with Gasteiger partial charge in [0.1, 0.15) is 5.82 Å². The van der Waals surface area contributed by atoms with E-state index in [1.54, 1.807) is 23.5 Å². The minimum atomic E-state index is -0.170. The number of carbonyl (C=O) groups is 1. The van der Waals surface area contributed by atoms with E-state index in [1.165, 1.54) is 34.0 Å². The fraction of sp³-hybridized carbons (Fsp3) is 0.182. The van der Waals surface area contributed by atoms with Crippen LogP contribution in [0.1, 0.15) is 10.4 Å². The predicted molar refractivity (Wildman–Crippen MR) is 128 cm³/mol. The number of benzene rings is 1. The molecular formula is C22H20ClN5OS2. The van der Waals surface area contributed by atoms with Crippen molar-refractivity contribution in [2.24, 2.45) is 7.05 Å². The minimum Gasteiger partial charge on any atom is -0.310 e. The Morgan fingerprint density at radius 1 is 1.16 bits per heavy atom. The zero-order valence-corrected chi connectivity index (χ0v) is 19.6. The molecule has 3 aromatic heterocycles. The topological polar surface area (TPSA) is 72.7 Å². The number of aromatic nitrogens is 4. The van der Waals surface area contributed by atoms with E-state index in [0.29, 0.717) is 16.0 Å². The van der Waals surface area contributed by atoms with Gasteiger partial charge in [-0.05, 0) is 31.5 Å². The summed E-state index contributed by atoms with van der Waals surface area (Å²) < 4.78 is 1.93. The van der Waals surface area contributed by atoms with Crippen LogP contribution in [0.3, 0.4) is 0 Å². The number of anilines is 1. The van der Waals surface area contributed by atoms with Crippen LogP contribution < -0.4 is 5.32 Å². The van der Waals surface area contributed by atoms with Gasteiger partial charge in [0.15, 0.2) is 11.0 Å². The maximum Gasteiger partial charge on any atom is 0.236 e. The predicted octanol–water partition coefficient (Wildman–Crippen LogP) is 5.61. The Morgan fingerprint density at radius 2 is 1.94 bits per heavy atom. The standard InChI is InChI=1S/C22H20ClN5OS2/c1-13-4-6-15(7-5-13)20-14(2)30-11-17(20)21-26-27-22(28(21)3)31-12-19(29)25-18-9-8-16(23)10-24-18/h4-11H,12H2,1-3H3,(H,24,25,29). The van der Waals surface area contributed by atoms with Crippen LogP contribution in [0.25, 0.3) is 22.5 Å². The lowest BCUT2D eigenvalue weighted by atomic mass is 10.0. The molecule has 1 N–H and O–H groups in total. The number of hydrogen-bond acceptors (Lipinski definition) is 6. The van der Waals surface area contributed by atoms with Gasteiger partial charge in [0.25, 0.3) is 0 Å². The number of thioether (sulfide) groups is 1. The summed E-state index contributed by atoms with van der Waals surface area (Å²) in [4.78, 5) is 17.6. The van der Waals surface area contributed by atoms with Gasteiger partial charge in [0, 0.05) is 34.6 Å². The highest BCUT2D eigenvalue weighted by Crippen LogP contribution is 2.38. The Balaban J connectivity index is 1.51. The molecule has 158 valence electrons. The first-order chi connectivity index (χ1) is 14.9. The summed E-state index contributed by atoms with van der Waals surface area (Å²) in [5.74, 6) is 1.27. The molecular weight excluding hydrogens is 450 g/mol. The summed E-state index contributed by atoms with van der Waals surface area (Å²) in [6.45, 7) is 4.20. The number of aryl methyl sites for hydroxylation is 2. The van der Waals surface area contributed by atoms with Crippen LogP contribution in [-0.2, 0) is 11.8 Å². The second-order valence-electron chi connectivity index (χ2n) is 7.01. The van der Waals surface area contributed by atoms with E-state index in [9.17, 15) is 4.79 Å². The normalized spacial score (nSPS) is 11.0. The summed E-state index contributed by atoms with van der Waals surface area (Å²) in [5, 5.41) is 14.8. The highest BCUT2D eigenvalue weighted by Gasteiger charge is 2.19. The van der Waals surface area contributed by atoms with E-state index in [1.807, 2.05) is 11.6 Å². The van der Waals surface area contributed by atoms with Gasteiger partial charge in [-0.15, -0.1) is 21.5 Å². The molecule has 3 heterocycles. The molecule has 4 rings (SSSR count). The van der Waals surface area contributed by atoms with Crippen molar-refractivity contribution in [2.75, 3.05) is 11.1 Å². The largest absolute Gasteiger partial charge is 0.310 e. The molecule has 0 aliphatic carbocycles. The van der Waals surface area contributed by atoms with E-state index in [4.69, 9.17) is 11.6 Å². The fourth-order valence-electron chi connectivity index (χ4n) is 3.13. The number of halogens is 1. The van der Waals surface area contributed by atoms with Crippen LogP contribution in [-0.4, -0.2) is 31.4 Å². The average molecular weight is 470 g/mol. The summed E-state index contributed by atoms with van der Waals surface area (Å²) >= 11 is 8.85. The summed E-state index contributed by atoms with van der Waals surface area (Å²) in [7, 11) is 1.92. The molecule has 31 heavy (non-hydrogen) atoms. The Labute approximate surface area is 193 Å². The van der Waals surface area contributed by atoms with Crippen molar-refractivity contribution >= 4 is 46.4 Å². The van der Waals surface area contributed by atoms with Gasteiger partial charge in [-0.25, -0.2) is 4.98 Å². The first kappa shape index (κ1) is 21.5. The molecule has 0 radical (unpaired) electrons. The molecule has 0 aliphatic rings. The van der Waals surface area contributed by atoms with E-state index >= 15 is 0 Å². The minimum absolute atomic E-state index is 0.170. The molecule has 0 bridgehead atoms. The Morgan fingerprint density at radius 3 is 2.65 bits per heavy atom. The lowest BCUT2D eigenvalue weighted by Gasteiger charge is -2.08. The Kier molecular flexibility index (Phi) is 6.41. The van der Waals surface area contributed by atoms with Crippen molar-refractivity contribution in [3.8, 4) is 22.5 Å². The van der Waals surface area contributed by atoms with Gasteiger partial charge in [-0.3, -0.25) is 4.79 Å². The second kappa shape index (κ2) is 9.21. The molecule has 1 aromatic carbocycles. The molecule has 0 aliphatic heterocycles. The molecule has 6 nitrogen and oxygen atoms in total. The van der Waals surface area contributed by atoms with Crippen LogP contribution in [0.15, 0.2) is 53.1 Å². The SMILES string of the molecule is Cc1ccc(-c2c(-c3nnc(SCC(=O)Nc4ccc(Cl)cn4)n3C)csc2C)cc1. The highest BCUT2D eigenvalue weighted by molar-refractivity contribution is 7.99. The van der Waals surface area contributed by atoms with E-state index in [-0.39, 0.29) is 11.7 Å². The second-order valence-corrected chi connectivity index (χ2v) is 9.47. The zero-order valence-electron chi connectivity index (χ0n) is 17.2. The summed E-state index contributed by atoms with van der Waals surface area (Å²) in [5.41, 5.74) is 4.60. The van der Waals surface area contributed by atoms with Crippen molar-refractivity contribution in [2.45, 2.75) is 19.0 Å². The quantitative estimate of drug-likeness (QED) is 0.372. The fourth-order valence-corrected chi connectivity index (χ4v) is 4.82. The summed E-state index contributed by atoms with van der Waals surface area (Å²) in [6.07, 6.45) is 1.49. The number of pyridine rings is 1. The first-order valence-corrected chi connectivity index (χ1v) is 11.8. The number of nitrogens with zero attached hydrogens (tertiary/aromatic N) is 4.